The van der Waals surface area contributed by atoms with Crippen molar-refractivity contribution in [3.05, 3.63) is 52.2 Å². The number of nitrogens with zero attached hydrogens (tertiary/aromatic N) is 3. The summed E-state index contributed by atoms with van der Waals surface area (Å²) in [5, 5.41) is 3.92. The average molecular weight is 381 g/mol. The molecule has 0 saturated carbocycles. The Morgan fingerprint density at radius 3 is 2.57 bits per heavy atom. The number of para-hydroxylation sites is 1. The van der Waals surface area contributed by atoms with Crippen LogP contribution in [0, 0.1) is 12.7 Å². The molecule has 2 aromatic heterocycles. The van der Waals surface area contributed by atoms with Crippen molar-refractivity contribution in [3.63, 3.8) is 0 Å². The van der Waals surface area contributed by atoms with E-state index in [0.717, 1.165) is 0 Å². The number of ether oxygens (including phenoxy) is 2. The third-order valence-corrected chi connectivity index (χ3v) is 4.32. The number of aromatic amines is 1. The van der Waals surface area contributed by atoms with E-state index >= 15 is 0 Å². The molecule has 4 rings (SSSR count). The first-order chi connectivity index (χ1) is 13.5. The van der Waals surface area contributed by atoms with Gasteiger partial charge in [0.15, 0.2) is 11.6 Å². The second-order valence-corrected chi connectivity index (χ2v) is 6.01. The summed E-state index contributed by atoms with van der Waals surface area (Å²) >= 11 is 0. The van der Waals surface area contributed by atoms with E-state index < -0.39 is 5.82 Å². The van der Waals surface area contributed by atoms with Gasteiger partial charge in [-0.1, -0.05) is 6.07 Å². The fourth-order valence-corrected chi connectivity index (χ4v) is 3.01. The SMILES string of the molecule is COc1c(F)ccc2c(C)nc(Nc3nc4c(OC)cccc4c(=O)[nH]3)nc12. The normalized spacial score (nSPS) is 11.0. The van der Waals surface area contributed by atoms with Crippen molar-refractivity contribution >= 4 is 33.7 Å². The van der Waals surface area contributed by atoms with Gasteiger partial charge in [-0.2, -0.15) is 0 Å². The Labute approximate surface area is 158 Å². The van der Waals surface area contributed by atoms with Gasteiger partial charge < -0.3 is 9.47 Å². The lowest BCUT2D eigenvalue weighted by Crippen LogP contribution is -2.13. The molecule has 9 heteroatoms. The van der Waals surface area contributed by atoms with E-state index in [0.29, 0.717) is 33.2 Å². The summed E-state index contributed by atoms with van der Waals surface area (Å²) in [6, 6.07) is 7.97. The van der Waals surface area contributed by atoms with E-state index in [1.54, 1.807) is 31.2 Å². The number of anilines is 2. The number of aryl methyl sites for hydroxylation is 1. The monoisotopic (exact) mass is 381 g/mol. The summed E-state index contributed by atoms with van der Waals surface area (Å²) in [6.07, 6.45) is 0. The minimum atomic E-state index is -0.527. The van der Waals surface area contributed by atoms with Gasteiger partial charge in [0, 0.05) is 5.39 Å². The van der Waals surface area contributed by atoms with Gasteiger partial charge in [-0.05, 0) is 31.2 Å². The Morgan fingerprint density at radius 2 is 1.82 bits per heavy atom. The Morgan fingerprint density at radius 1 is 1.00 bits per heavy atom. The second kappa shape index (κ2) is 6.76. The fourth-order valence-electron chi connectivity index (χ4n) is 3.01. The molecular formula is C19H16FN5O3. The van der Waals surface area contributed by atoms with Crippen LogP contribution in [-0.4, -0.2) is 34.2 Å². The zero-order valence-corrected chi connectivity index (χ0v) is 15.3. The van der Waals surface area contributed by atoms with E-state index in [1.807, 2.05) is 0 Å². The molecule has 0 aliphatic heterocycles. The van der Waals surface area contributed by atoms with Crippen LogP contribution in [0.2, 0.25) is 0 Å². The molecule has 28 heavy (non-hydrogen) atoms. The van der Waals surface area contributed by atoms with Crippen LogP contribution in [0.15, 0.2) is 35.1 Å². The molecule has 142 valence electrons. The zero-order valence-electron chi connectivity index (χ0n) is 15.3. The summed E-state index contributed by atoms with van der Waals surface area (Å²) < 4.78 is 24.5. The zero-order chi connectivity index (χ0) is 19.8. The standard InChI is InChI=1S/C19H16FN5O3/c1-9-10-7-8-12(20)16(28-3)15(10)23-18(21-9)25-19-22-14-11(17(26)24-19)5-4-6-13(14)27-2/h4-8H,1-3H3,(H2,21,22,23,24,25,26). The highest BCUT2D eigenvalue weighted by Crippen LogP contribution is 2.30. The highest BCUT2D eigenvalue weighted by molar-refractivity contribution is 5.88. The lowest BCUT2D eigenvalue weighted by Gasteiger charge is -2.11. The van der Waals surface area contributed by atoms with Crippen molar-refractivity contribution in [3.8, 4) is 11.5 Å². The average Bonchev–Trinajstić information content (AvgIpc) is 2.67. The number of hydrogen-bond donors (Lipinski definition) is 2. The fraction of sp³-hybridized carbons (Fsp3) is 0.158. The van der Waals surface area contributed by atoms with Gasteiger partial charge in [0.1, 0.15) is 16.8 Å². The molecule has 0 atom stereocenters. The molecule has 0 spiro atoms. The van der Waals surface area contributed by atoms with Crippen molar-refractivity contribution in [1.82, 2.24) is 19.9 Å². The highest BCUT2D eigenvalue weighted by atomic mass is 19.1. The molecule has 2 heterocycles. The largest absolute Gasteiger partial charge is 0.494 e. The van der Waals surface area contributed by atoms with Gasteiger partial charge in [-0.3, -0.25) is 15.1 Å². The molecule has 0 aliphatic rings. The van der Waals surface area contributed by atoms with E-state index in [-0.39, 0.29) is 23.2 Å². The van der Waals surface area contributed by atoms with Gasteiger partial charge in [0.05, 0.1) is 25.3 Å². The van der Waals surface area contributed by atoms with Crippen molar-refractivity contribution in [2.24, 2.45) is 0 Å². The molecule has 0 saturated heterocycles. The summed E-state index contributed by atoms with van der Waals surface area (Å²) in [5.41, 5.74) is 0.995. The molecule has 2 aromatic carbocycles. The Bertz CT molecular complexity index is 1270. The van der Waals surface area contributed by atoms with Crippen molar-refractivity contribution in [2.45, 2.75) is 6.92 Å². The number of halogens is 1. The third kappa shape index (κ3) is 2.86. The molecule has 2 N–H and O–H groups in total. The number of methoxy groups -OCH3 is 2. The molecule has 0 bridgehead atoms. The van der Waals surface area contributed by atoms with Crippen LogP contribution in [0.5, 0.6) is 11.5 Å². The maximum absolute atomic E-state index is 14.0. The summed E-state index contributed by atoms with van der Waals surface area (Å²) in [7, 11) is 2.87. The predicted molar refractivity (Wildman–Crippen MR) is 103 cm³/mol. The molecule has 0 amide bonds. The number of benzene rings is 2. The summed E-state index contributed by atoms with van der Waals surface area (Å²) in [6.45, 7) is 1.77. The van der Waals surface area contributed by atoms with Crippen molar-refractivity contribution < 1.29 is 13.9 Å². The molecule has 0 fully saturated rings. The van der Waals surface area contributed by atoms with Crippen LogP contribution >= 0.6 is 0 Å². The molecule has 0 unspecified atom stereocenters. The molecule has 0 radical (unpaired) electrons. The van der Waals surface area contributed by atoms with Crippen LogP contribution in [0.1, 0.15) is 5.69 Å². The number of rotatable bonds is 4. The van der Waals surface area contributed by atoms with E-state index in [4.69, 9.17) is 9.47 Å². The summed E-state index contributed by atoms with van der Waals surface area (Å²) in [5.74, 6) is 0.238. The quantitative estimate of drug-likeness (QED) is 0.560. The van der Waals surface area contributed by atoms with Crippen molar-refractivity contribution in [1.29, 1.82) is 0 Å². The molecule has 4 aromatic rings. The minimum Gasteiger partial charge on any atom is -0.494 e. The van der Waals surface area contributed by atoms with E-state index in [1.165, 1.54) is 20.3 Å². The van der Waals surface area contributed by atoms with Crippen molar-refractivity contribution in [2.75, 3.05) is 19.5 Å². The van der Waals surface area contributed by atoms with E-state index in [2.05, 4.69) is 25.3 Å². The van der Waals surface area contributed by atoms with Crippen LogP contribution in [-0.2, 0) is 0 Å². The van der Waals surface area contributed by atoms with Crippen LogP contribution in [0.3, 0.4) is 0 Å². The molecule has 8 nitrogen and oxygen atoms in total. The van der Waals surface area contributed by atoms with Gasteiger partial charge in [0.25, 0.3) is 5.56 Å². The Hall–Kier alpha value is -3.75. The van der Waals surface area contributed by atoms with Crippen LogP contribution in [0.4, 0.5) is 16.3 Å². The second-order valence-electron chi connectivity index (χ2n) is 6.01. The summed E-state index contributed by atoms with van der Waals surface area (Å²) in [4.78, 5) is 28.1. The maximum atomic E-state index is 14.0. The van der Waals surface area contributed by atoms with Crippen LogP contribution < -0.4 is 20.3 Å². The third-order valence-electron chi connectivity index (χ3n) is 4.32. The first-order valence-electron chi connectivity index (χ1n) is 8.36. The maximum Gasteiger partial charge on any atom is 0.260 e. The van der Waals surface area contributed by atoms with Gasteiger partial charge in [-0.25, -0.2) is 19.3 Å². The van der Waals surface area contributed by atoms with E-state index in [9.17, 15) is 9.18 Å². The van der Waals surface area contributed by atoms with Gasteiger partial charge in [-0.15, -0.1) is 0 Å². The van der Waals surface area contributed by atoms with Gasteiger partial charge >= 0.3 is 0 Å². The molecular weight excluding hydrogens is 365 g/mol. The Kier molecular flexibility index (Phi) is 4.26. The first kappa shape index (κ1) is 17.7. The number of nitrogens with one attached hydrogen (secondary N) is 2. The smallest absolute Gasteiger partial charge is 0.260 e. The predicted octanol–water partition coefficient (Wildman–Crippen LogP) is 3.07. The lowest BCUT2D eigenvalue weighted by molar-refractivity contribution is 0.391. The first-order valence-corrected chi connectivity index (χ1v) is 8.36. The minimum absolute atomic E-state index is 0.0210. The number of aromatic nitrogens is 4. The Balaban J connectivity index is 1.85. The van der Waals surface area contributed by atoms with Crippen LogP contribution in [0.25, 0.3) is 21.8 Å². The number of hydrogen-bond acceptors (Lipinski definition) is 7. The highest BCUT2D eigenvalue weighted by Gasteiger charge is 2.15. The lowest BCUT2D eigenvalue weighted by atomic mass is 10.2. The van der Waals surface area contributed by atoms with Gasteiger partial charge in [0.2, 0.25) is 11.9 Å². The molecule has 0 aliphatic carbocycles. The number of fused-ring (bicyclic) bond motifs is 2. The number of H-pyrrole nitrogens is 1. The topological polar surface area (TPSA) is 102 Å².